The fourth-order valence-corrected chi connectivity index (χ4v) is 5.33. The first-order valence-corrected chi connectivity index (χ1v) is 15.0. The van der Waals surface area contributed by atoms with E-state index in [1.54, 1.807) is 6.55 Å². The fraction of sp³-hybridized carbons (Fsp3) is 0.128. The van der Waals surface area contributed by atoms with Crippen LogP contribution in [0.1, 0.15) is 25.0 Å². The molecular weight excluding hydrogens is 659 g/mol. The van der Waals surface area contributed by atoms with Crippen molar-refractivity contribution in [3.63, 3.8) is 0 Å². The summed E-state index contributed by atoms with van der Waals surface area (Å²) in [7, 11) is 2.97. The van der Waals surface area contributed by atoms with E-state index in [9.17, 15) is 0 Å². The second-order valence-electron chi connectivity index (χ2n) is 9.58. The van der Waals surface area contributed by atoms with Gasteiger partial charge in [-0.2, -0.15) is 12.1 Å². The van der Waals surface area contributed by atoms with E-state index in [-0.39, 0.29) is 51.0 Å². The van der Waals surface area contributed by atoms with Crippen LogP contribution in [0, 0.1) is 13.8 Å². The topological polar surface area (TPSA) is 0 Å². The molecule has 0 bridgehead atoms. The Balaban J connectivity index is 0.000000369. The molecule has 0 amide bonds. The summed E-state index contributed by atoms with van der Waals surface area (Å²) in [6.45, 7) is 10.1. The minimum Gasteiger partial charge on any atom is -1.00 e. The maximum Gasteiger partial charge on any atom is 4.00 e. The number of halogens is 2. The average molecular weight is 696 g/mol. The largest absolute Gasteiger partial charge is 4.00 e. The summed E-state index contributed by atoms with van der Waals surface area (Å²) >= 11 is 0. The number of rotatable bonds is 2. The monoisotopic (exact) mass is 693 g/mol. The maximum atomic E-state index is 2.97. The molecule has 215 valence electrons. The van der Waals surface area contributed by atoms with Crippen molar-refractivity contribution in [3.8, 4) is 22.3 Å². The van der Waals surface area contributed by atoms with Gasteiger partial charge in [0.25, 0.3) is 0 Å². The molecule has 0 aliphatic rings. The van der Waals surface area contributed by atoms with Crippen LogP contribution in [-0.2, 0) is 26.2 Å². The fourth-order valence-electron chi connectivity index (χ4n) is 5.33. The molecule has 7 aromatic rings. The molecule has 0 heterocycles. The summed E-state index contributed by atoms with van der Waals surface area (Å²) in [4.78, 5) is 0. The summed E-state index contributed by atoms with van der Waals surface area (Å²) in [6.07, 6.45) is 0. The molecule has 0 saturated heterocycles. The summed E-state index contributed by atoms with van der Waals surface area (Å²) in [6, 6.07) is 47.8. The Kier molecular flexibility index (Phi) is 16.8. The second-order valence-corrected chi connectivity index (χ2v) is 9.58. The van der Waals surface area contributed by atoms with Gasteiger partial charge in [0.05, 0.1) is 0 Å². The Morgan fingerprint density at radius 3 is 1.47 bits per heavy atom. The Bertz CT molecular complexity index is 1810. The first-order chi connectivity index (χ1) is 19.7. The van der Waals surface area contributed by atoms with Gasteiger partial charge >= 0.3 is 26.2 Å². The molecule has 3 radical (unpaired) electrons. The van der Waals surface area contributed by atoms with Crippen LogP contribution in [0.4, 0.5) is 0 Å². The van der Waals surface area contributed by atoms with Crippen LogP contribution < -0.4 is 24.8 Å². The van der Waals surface area contributed by atoms with E-state index in [2.05, 4.69) is 158 Å². The zero-order valence-electron chi connectivity index (χ0n) is 25.5. The molecular formula is C39H37Cl2SiZr. The third-order valence-electron chi connectivity index (χ3n) is 6.95. The minimum absolute atomic E-state index is 0. The van der Waals surface area contributed by atoms with Crippen LogP contribution >= 0.6 is 0 Å². The molecule has 0 aromatic heterocycles. The predicted molar refractivity (Wildman–Crippen MR) is 180 cm³/mol. The van der Waals surface area contributed by atoms with E-state index < -0.39 is 0 Å². The van der Waals surface area contributed by atoms with Crippen LogP contribution in [0.15, 0.2) is 133 Å². The van der Waals surface area contributed by atoms with Gasteiger partial charge in [-0.25, -0.2) is 0 Å². The average Bonchev–Trinajstić information content (AvgIpc) is 3.60. The molecule has 0 atom stereocenters. The van der Waals surface area contributed by atoms with E-state index in [1.165, 1.54) is 65.7 Å². The van der Waals surface area contributed by atoms with E-state index in [0.29, 0.717) is 0 Å². The molecule has 7 aromatic carbocycles. The van der Waals surface area contributed by atoms with Crippen LogP contribution in [0.5, 0.6) is 0 Å². The Morgan fingerprint density at radius 1 is 0.465 bits per heavy atom. The van der Waals surface area contributed by atoms with E-state index in [4.69, 9.17) is 0 Å². The maximum absolute atomic E-state index is 2.97. The molecule has 0 spiro atoms. The van der Waals surface area contributed by atoms with Crippen LogP contribution in [0.2, 0.25) is 6.55 Å². The second kappa shape index (κ2) is 18.8. The number of hydrogen-bond acceptors (Lipinski definition) is 0. The van der Waals surface area contributed by atoms with Crippen LogP contribution in [0.3, 0.4) is 0 Å². The summed E-state index contributed by atoms with van der Waals surface area (Å²) < 4.78 is 0. The van der Waals surface area contributed by atoms with E-state index >= 15 is 0 Å². The third kappa shape index (κ3) is 8.90. The number of hydrogen-bond donors (Lipinski definition) is 0. The van der Waals surface area contributed by atoms with Crippen LogP contribution in [-0.4, -0.2) is 10.2 Å². The molecule has 0 aliphatic carbocycles. The third-order valence-corrected chi connectivity index (χ3v) is 6.95. The smallest absolute Gasteiger partial charge is 1.00 e. The molecule has 0 fully saturated rings. The molecule has 0 unspecified atom stereocenters. The molecule has 0 N–H and O–H groups in total. The standard InChI is InChI=1S/C20H15.C16H13.C2H6.CH3Si.2ClH.Zr/c1-14-12-16-8-5-11-19(20(16)13-14)18-10-4-7-15-6-2-3-9-17(15)18;1-12-10-14-8-5-9-15(16(14)11-12)13-6-3-2-4-7-13;2*1-2;;;/h2-13H,1H3;2-11H,1H3;1-2H3;1H3;2*1H;/q2*-1;;;;;+4/p-2. The van der Waals surface area contributed by atoms with Gasteiger partial charge in [-0.15, -0.1) is 69.1 Å². The number of benzene rings is 5. The van der Waals surface area contributed by atoms with Gasteiger partial charge < -0.3 is 24.8 Å². The quantitative estimate of drug-likeness (QED) is 0.167. The van der Waals surface area contributed by atoms with Crippen molar-refractivity contribution in [1.82, 2.24) is 0 Å². The van der Waals surface area contributed by atoms with Crippen LogP contribution in [0.25, 0.3) is 54.6 Å². The molecule has 0 saturated carbocycles. The zero-order chi connectivity index (χ0) is 28.5. The van der Waals surface area contributed by atoms with Crippen molar-refractivity contribution in [2.45, 2.75) is 34.2 Å². The van der Waals surface area contributed by atoms with Gasteiger partial charge in [0.2, 0.25) is 0 Å². The first-order valence-electron chi connectivity index (χ1n) is 14.0. The predicted octanol–water partition coefficient (Wildman–Crippen LogP) is 5.46. The van der Waals surface area contributed by atoms with Crippen molar-refractivity contribution in [1.29, 1.82) is 0 Å². The van der Waals surface area contributed by atoms with Crippen molar-refractivity contribution >= 4 is 42.6 Å². The van der Waals surface area contributed by atoms with E-state index in [0.717, 1.165) is 0 Å². The Labute approximate surface area is 292 Å². The van der Waals surface area contributed by atoms with Gasteiger partial charge in [0, 0.05) is 10.2 Å². The summed E-state index contributed by atoms with van der Waals surface area (Å²) in [5, 5.41) is 7.98. The summed E-state index contributed by atoms with van der Waals surface area (Å²) in [5.41, 5.74) is 7.92. The molecule has 43 heavy (non-hydrogen) atoms. The number of aryl methyl sites for hydroxylation is 2. The van der Waals surface area contributed by atoms with Gasteiger partial charge in [0.15, 0.2) is 0 Å². The van der Waals surface area contributed by atoms with Gasteiger partial charge in [-0.05, 0) is 21.9 Å². The Hall–Kier alpha value is -2.74. The minimum atomic E-state index is 0. The van der Waals surface area contributed by atoms with Crippen molar-refractivity contribution in [3.05, 3.63) is 145 Å². The van der Waals surface area contributed by atoms with Crippen molar-refractivity contribution in [2.75, 3.05) is 0 Å². The van der Waals surface area contributed by atoms with Gasteiger partial charge in [0.1, 0.15) is 0 Å². The molecule has 7 rings (SSSR count). The summed E-state index contributed by atoms with van der Waals surface area (Å²) in [5.74, 6) is 0. The normalized spacial score (nSPS) is 9.53. The van der Waals surface area contributed by atoms with Gasteiger partial charge in [-0.3, -0.25) is 0 Å². The molecule has 4 heteroatoms. The molecule has 0 nitrogen and oxygen atoms in total. The SMILES string of the molecule is CC.C[Si].Cc1cc2c(-c3cccc4ccccc34)cccc2[cH-]1.Cc1cc2c(-c3ccccc3)cccc2[cH-]1.[Cl-].[Cl-].[Zr+4]. The zero-order valence-corrected chi connectivity index (χ0v) is 30.4. The Morgan fingerprint density at radius 2 is 0.884 bits per heavy atom. The van der Waals surface area contributed by atoms with E-state index in [1.807, 2.05) is 13.8 Å². The molecule has 0 aliphatic heterocycles. The van der Waals surface area contributed by atoms with Crippen molar-refractivity contribution in [2.24, 2.45) is 0 Å². The van der Waals surface area contributed by atoms with Crippen molar-refractivity contribution < 1.29 is 51.0 Å². The number of fused-ring (bicyclic) bond motifs is 3. The first kappa shape index (κ1) is 38.3. The van der Waals surface area contributed by atoms with Gasteiger partial charge in [-0.1, -0.05) is 130 Å².